The largest absolute Gasteiger partial charge is 0.380 e. The van der Waals surface area contributed by atoms with E-state index in [4.69, 9.17) is 4.74 Å². The highest BCUT2D eigenvalue weighted by molar-refractivity contribution is 7.90. The highest BCUT2D eigenvalue weighted by Crippen LogP contribution is 2.23. The van der Waals surface area contributed by atoms with Crippen molar-refractivity contribution in [2.45, 2.75) is 18.4 Å². The third-order valence-corrected chi connectivity index (χ3v) is 6.22. The summed E-state index contributed by atoms with van der Waals surface area (Å²) in [6, 6.07) is 12.3. The topological polar surface area (TPSA) is 104 Å². The zero-order valence-electron chi connectivity index (χ0n) is 14.4. The van der Waals surface area contributed by atoms with Gasteiger partial charge in [0.25, 0.3) is 15.7 Å². The molecule has 3 rings (SSSR count). The first kappa shape index (κ1) is 19.2. The van der Waals surface area contributed by atoms with Crippen molar-refractivity contribution in [3.05, 3.63) is 63.4 Å². The Balaban J connectivity index is 2.17. The van der Waals surface area contributed by atoms with Gasteiger partial charge in [-0.05, 0) is 25.1 Å². The smallest absolute Gasteiger partial charge is 0.285 e. The van der Waals surface area contributed by atoms with Crippen LogP contribution in [-0.2, 0) is 21.3 Å². The molecule has 0 fully saturated rings. The van der Waals surface area contributed by atoms with Crippen molar-refractivity contribution in [2.24, 2.45) is 4.40 Å². The maximum Gasteiger partial charge on any atom is 0.285 e. The Morgan fingerprint density at radius 1 is 1.22 bits per heavy atom. The van der Waals surface area contributed by atoms with Gasteiger partial charge in [-0.25, -0.2) is 0 Å². The lowest BCUT2D eigenvalue weighted by atomic mass is 10.3. The van der Waals surface area contributed by atoms with E-state index in [0.29, 0.717) is 30.0 Å². The van der Waals surface area contributed by atoms with E-state index in [2.05, 4.69) is 4.40 Å². The Kier molecular flexibility index (Phi) is 5.68. The van der Waals surface area contributed by atoms with Crippen LogP contribution in [0.3, 0.4) is 0 Å². The number of hydrogen-bond donors (Lipinski definition) is 0. The van der Waals surface area contributed by atoms with Crippen LogP contribution in [0.2, 0.25) is 0 Å². The van der Waals surface area contributed by atoms with Crippen molar-refractivity contribution in [3.63, 3.8) is 0 Å². The van der Waals surface area contributed by atoms with Gasteiger partial charge in [0.1, 0.15) is 0 Å². The van der Waals surface area contributed by atoms with Gasteiger partial charge in [-0.15, -0.1) is 4.40 Å². The normalized spacial score (nSPS) is 12.6. The minimum absolute atomic E-state index is 0.0572. The first-order valence-corrected chi connectivity index (χ1v) is 10.4. The van der Waals surface area contributed by atoms with Crippen LogP contribution >= 0.6 is 11.3 Å². The molecule has 0 saturated heterocycles. The van der Waals surface area contributed by atoms with Crippen LogP contribution in [0.4, 0.5) is 5.69 Å². The molecule has 0 unspecified atom stereocenters. The molecule has 1 aromatic heterocycles. The number of ether oxygens (including phenoxy) is 1. The molecule has 0 radical (unpaired) electrons. The number of non-ortho nitro benzene ring substituents is 1. The van der Waals surface area contributed by atoms with Crippen LogP contribution in [0.1, 0.15) is 6.92 Å². The quantitative estimate of drug-likeness (QED) is 0.340. The highest BCUT2D eigenvalue weighted by Gasteiger charge is 2.16. The Labute approximate surface area is 159 Å². The monoisotopic (exact) mass is 407 g/mol. The number of nitro groups is 1. The summed E-state index contributed by atoms with van der Waals surface area (Å²) in [7, 11) is -3.90. The maximum atomic E-state index is 12.6. The van der Waals surface area contributed by atoms with Gasteiger partial charge in [-0.1, -0.05) is 29.5 Å². The fourth-order valence-electron chi connectivity index (χ4n) is 2.51. The van der Waals surface area contributed by atoms with Gasteiger partial charge in [0.2, 0.25) is 4.80 Å². The molecule has 0 aliphatic heterocycles. The standard InChI is InChI=1S/C17H17N3O5S2/c1-2-25-11-10-19-15-9-8-13(20(21)22)12-16(15)26-17(19)18-27(23,24)14-6-4-3-5-7-14/h3-9,12H,2,10-11H2,1H3/b18-17-. The number of rotatable bonds is 7. The molecule has 3 aromatic rings. The van der Waals surface area contributed by atoms with Gasteiger partial charge in [0.05, 0.1) is 26.6 Å². The van der Waals surface area contributed by atoms with E-state index < -0.39 is 14.9 Å². The van der Waals surface area contributed by atoms with E-state index in [1.807, 2.05) is 6.92 Å². The van der Waals surface area contributed by atoms with Crippen molar-refractivity contribution < 1.29 is 18.1 Å². The molecule has 0 aliphatic rings. The SMILES string of the molecule is CCOCCn1/c(=N/S(=O)(=O)c2ccccc2)sc2cc([N+](=O)[O-])ccc21. The van der Waals surface area contributed by atoms with Crippen molar-refractivity contribution >= 4 is 37.3 Å². The van der Waals surface area contributed by atoms with E-state index in [1.165, 1.54) is 24.3 Å². The molecular weight excluding hydrogens is 390 g/mol. The highest BCUT2D eigenvalue weighted by atomic mass is 32.2. The van der Waals surface area contributed by atoms with Crippen LogP contribution in [0.5, 0.6) is 0 Å². The number of thiazole rings is 1. The fraction of sp³-hybridized carbons (Fsp3) is 0.235. The molecule has 0 saturated carbocycles. The molecule has 0 amide bonds. The fourth-order valence-corrected chi connectivity index (χ4v) is 4.82. The number of sulfonamides is 1. The van der Waals surface area contributed by atoms with E-state index in [9.17, 15) is 18.5 Å². The second-order valence-corrected chi connectivity index (χ2v) is 8.13. The minimum Gasteiger partial charge on any atom is -0.380 e. The average molecular weight is 407 g/mol. The Hall–Kier alpha value is -2.56. The lowest BCUT2D eigenvalue weighted by Crippen LogP contribution is -2.19. The number of benzene rings is 2. The number of nitrogens with zero attached hydrogens (tertiary/aromatic N) is 3. The maximum absolute atomic E-state index is 12.6. The summed E-state index contributed by atoms with van der Waals surface area (Å²) in [6.07, 6.45) is 0. The summed E-state index contributed by atoms with van der Waals surface area (Å²) in [6.45, 7) is 3.15. The second kappa shape index (κ2) is 7.99. The number of aromatic nitrogens is 1. The minimum atomic E-state index is -3.90. The summed E-state index contributed by atoms with van der Waals surface area (Å²) in [5.74, 6) is 0. The number of hydrogen-bond acceptors (Lipinski definition) is 6. The van der Waals surface area contributed by atoms with Crippen molar-refractivity contribution in [1.29, 1.82) is 0 Å². The van der Waals surface area contributed by atoms with Crippen LogP contribution in [0, 0.1) is 10.1 Å². The summed E-state index contributed by atoms with van der Waals surface area (Å²) >= 11 is 1.09. The van der Waals surface area contributed by atoms with Gasteiger partial charge in [-0.2, -0.15) is 8.42 Å². The summed E-state index contributed by atoms with van der Waals surface area (Å²) in [4.78, 5) is 10.9. The van der Waals surface area contributed by atoms with Crippen LogP contribution in [0.25, 0.3) is 10.2 Å². The zero-order chi connectivity index (χ0) is 19.4. The Bertz CT molecular complexity index is 1130. The predicted molar refractivity (Wildman–Crippen MR) is 102 cm³/mol. The third-order valence-electron chi connectivity index (χ3n) is 3.78. The van der Waals surface area contributed by atoms with E-state index in [1.54, 1.807) is 28.8 Å². The predicted octanol–water partition coefficient (Wildman–Crippen LogP) is 2.94. The van der Waals surface area contributed by atoms with Crippen LogP contribution in [0.15, 0.2) is 57.8 Å². The van der Waals surface area contributed by atoms with Crippen LogP contribution in [-0.4, -0.2) is 31.1 Å². The van der Waals surface area contributed by atoms with E-state index in [0.717, 1.165) is 11.3 Å². The van der Waals surface area contributed by atoms with Gasteiger partial charge >= 0.3 is 0 Å². The Morgan fingerprint density at radius 3 is 2.63 bits per heavy atom. The number of fused-ring (bicyclic) bond motifs is 1. The Morgan fingerprint density at radius 2 is 1.96 bits per heavy atom. The van der Waals surface area contributed by atoms with Gasteiger partial charge < -0.3 is 9.30 Å². The lowest BCUT2D eigenvalue weighted by Gasteiger charge is -2.05. The molecule has 142 valence electrons. The molecule has 10 heteroatoms. The summed E-state index contributed by atoms with van der Waals surface area (Å²) < 4.78 is 36.9. The molecule has 0 bridgehead atoms. The lowest BCUT2D eigenvalue weighted by molar-refractivity contribution is -0.384. The van der Waals surface area contributed by atoms with Gasteiger partial charge in [0.15, 0.2) is 0 Å². The first-order chi connectivity index (χ1) is 12.9. The van der Waals surface area contributed by atoms with Crippen LogP contribution < -0.4 is 4.80 Å². The zero-order valence-corrected chi connectivity index (χ0v) is 16.1. The van der Waals surface area contributed by atoms with E-state index >= 15 is 0 Å². The molecule has 1 heterocycles. The molecule has 27 heavy (non-hydrogen) atoms. The number of nitro benzene ring substituents is 1. The van der Waals surface area contributed by atoms with Crippen molar-refractivity contribution in [3.8, 4) is 0 Å². The molecule has 2 aromatic carbocycles. The van der Waals surface area contributed by atoms with Gasteiger partial charge in [-0.3, -0.25) is 10.1 Å². The molecule has 8 nitrogen and oxygen atoms in total. The summed E-state index contributed by atoms with van der Waals surface area (Å²) in [5, 5.41) is 11.0. The molecular formula is C17H17N3O5S2. The molecule has 0 spiro atoms. The van der Waals surface area contributed by atoms with Crippen molar-refractivity contribution in [1.82, 2.24) is 4.57 Å². The average Bonchev–Trinajstić information content (AvgIpc) is 2.98. The first-order valence-electron chi connectivity index (χ1n) is 8.14. The van der Waals surface area contributed by atoms with E-state index in [-0.39, 0.29) is 15.4 Å². The van der Waals surface area contributed by atoms with Crippen molar-refractivity contribution in [2.75, 3.05) is 13.2 Å². The molecule has 0 aliphatic carbocycles. The van der Waals surface area contributed by atoms with Gasteiger partial charge in [0, 0.05) is 25.3 Å². The molecule has 0 N–H and O–H groups in total. The summed E-state index contributed by atoms with van der Waals surface area (Å²) in [5.41, 5.74) is 0.616. The molecule has 0 atom stereocenters. The third kappa shape index (κ3) is 4.24. The second-order valence-electron chi connectivity index (χ2n) is 5.52.